The van der Waals surface area contributed by atoms with E-state index >= 15 is 0 Å². The molecule has 0 radical (unpaired) electrons. The van der Waals surface area contributed by atoms with Crippen molar-refractivity contribution in [3.63, 3.8) is 0 Å². The molecule has 2 aliphatic rings. The molecular formula is C17H21N. The Balaban J connectivity index is 2.12. The third-order valence-corrected chi connectivity index (χ3v) is 4.33. The maximum absolute atomic E-state index is 2.43. The van der Waals surface area contributed by atoms with Gasteiger partial charge in [0, 0.05) is 12.7 Å². The highest BCUT2D eigenvalue weighted by atomic mass is 15.3. The van der Waals surface area contributed by atoms with E-state index in [-0.39, 0.29) is 0 Å². The molecule has 1 aromatic carbocycles. The lowest BCUT2D eigenvalue weighted by Gasteiger charge is -2.22. The monoisotopic (exact) mass is 239 g/mol. The molecule has 1 aromatic rings. The summed E-state index contributed by atoms with van der Waals surface area (Å²) in [6.07, 6.45) is 5.80. The van der Waals surface area contributed by atoms with E-state index in [0.717, 1.165) is 0 Å². The number of aryl methyl sites for hydroxylation is 1. The average Bonchev–Trinajstić information content (AvgIpc) is 3.16. The van der Waals surface area contributed by atoms with Crippen molar-refractivity contribution in [2.45, 2.75) is 33.2 Å². The van der Waals surface area contributed by atoms with Crippen LogP contribution in [0.4, 0.5) is 0 Å². The van der Waals surface area contributed by atoms with E-state index in [2.05, 4.69) is 62.2 Å². The quantitative estimate of drug-likeness (QED) is 0.720. The van der Waals surface area contributed by atoms with Gasteiger partial charge in [0.15, 0.2) is 0 Å². The van der Waals surface area contributed by atoms with E-state index < -0.39 is 0 Å². The molecule has 0 bridgehead atoms. The Morgan fingerprint density at radius 3 is 2.83 bits per heavy atom. The van der Waals surface area contributed by atoms with Crippen LogP contribution in [0.2, 0.25) is 0 Å². The molecular weight excluding hydrogens is 218 g/mol. The Morgan fingerprint density at radius 2 is 2.11 bits per heavy atom. The Bertz CT molecular complexity index is 524. The number of hydrogen-bond acceptors (Lipinski definition) is 1. The van der Waals surface area contributed by atoms with Crippen LogP contribution >= 0.6 is 0 Å². The summed E-state index contributed by atoms with van der Waals surface area (Å²) in [5.41, 5.74) is 5.91. The third-order valence-electron chi connectivity index (χ3n) is 4.33. The van der Waals surface area contributed by atoms with E-state index in [1.54, 1.807) is 5.57 Å². The molecule has 0 amide bonds. The number of nitrogens with zero attached hydrogens (tertiary/aromatic N) is 1. The predicted octanol–water partition coefficient (Wildman–Crippen LogP) is 4.01. The molecule has 1 fully saturated rings. The second-order valence-electron chi connectivity index (χ2n) is 5.52. The number of hydrogen-bond donors (Lipinski definition) is 0. The molecule has 0 spiro atoms. The van der Waals surface area contributed by atoms with Crippen molar-refractivity contribution in [1.82, 2.24) is 4.90 Å². The number of benzene rings is 1. The molecule has 0 N–H and O–H groups in total. The summed E-state index contributed by atoms with van der Waals surface area (Å²) in [7, 11) is 0. The fraction of sp³-hybridized carbons (Fsp3) is 0.412. The standard InChI is InChI=1S/C17H21N/c1-4-12(2)17-15(9-10-18-11-16(17)18)14-8-6-5-7-13(14)3/h5-10,12,16H,4,11H2,1-3H3. The van der Waals surface area contributed by atoms with E-state index in [0.29, 0.717) is 12.0 Å². The van der Waals surface area contributed by atoms with Crippen LogP contribution in [0.25, 0.3) is 5.57 Å². The lowest BCUT2D eigenvalue weighted by molar-refractivity contribution is 0.593. The fourth-order valence-corrected chi connectivity index (χ4v) is 2.97. The van der Waals surface area contributed by atoms with Gasteiger partial charge in [0.1, 0.15) is 0 Å². The van der Waals surface area contributed by atoms with Crippen LogP contribution in [0, 0.1) is 12.8 Å². The second-order valence-corrected chi connectivity index (χ2v) is 5.52. The zero-order valence-electron chi connectivity index (χ0n) is 11.5. The van der Waals surface area contributed by atoms with Gasteiger partial charge < -0.3 is 4.90 Å². The molecule has 18 heavy (non-hydrogen) atoms. The average molecular weight is 239 g/mol. The summed E-state index contributed by atoms with van der Waals surface area (Å²) in [6.45, 7) is 8.08. The Kier molecular flexibility index (Phi) is 2.77. The van der Waals surface area contributed by atoms with E-state index in [1.165, 1.54) is 29.7 Å². The number of rotatable bonds is 3. The normalized spacial score (nSPS) is 23.1. The first-order valence-corrected chi connectivity index (χ1v) is 6.96. The minimum atomic E-state index is 0.680. The van der Waals surface area contributed by atoms with Gasteiger partial charge in [0.25, 0.3) is 0 Å². The highest BCUT2D eigenvalue weighted by Crippen LogP contribution is 2.41. The molecule has 1 heteroatoms. The van der Waals surface area contributed by atoms with Crippen molar-refractivity contribution in [3.8, 4) is 0 Å². The maximum Gasteiger partial charge on any atom is 0.0684 e. The highest BCUT2D eigenvalue weighted by molar-refractivity contribution is 5.81. The van der Waals surface area contributed by atoms with E-state index in [9.17, 15) is 0 Å². The van der Waals surface area contributed by atoms with Crippen LogP contribution in [0.15, 0.2) is 42.1 Å². The number of fused-ring (bicyclic) bond motifs is 1. The van der Waals surface area contributed by atoms with Crippen molar-refractivity contribution in [3.05, 3.63) is 53.2 Å². The van der Waals surface area contributed by atoms with Gasteiger partial charge in [-0.15, -0.1) is 0 Å². The molecule has 0 saturated carbocycles. The zero-order chi connectivity index (χ0) is 12.7. The first kappa shape index (κ1) is 11.6. The summed E-state index contributed by atoms with van der Waals surface area (Å²) in [5.74, 6) is 0.680. The summed E-state index contributed by atoms with van der Waals surface area (Å²) in [4.78, 5) is 2.43. The molecule has 1 nitrogen and oxygen atoms in total. The lowest BCUT2D eigenvalue weighted by atomic mass is 9.85. The van der Waals surface area contributed by atoms with Gasteiger partial charge in [-0.25, -0.2) is 0 Å². The van der Waals surface area contributed by atoms with Gasteiger partial charge in [-0.2, -0.15) is 0 Å². The van der Waals surface area contributed by atoms with Crippen LogP contribution in [-0.2, 0) is 0 Å². The SMILES string of the molecule is CCC(C)C1=C(c2ccccc2C)C=CN2CC12. The summed E-state index contributed by atoms with van der Waals surface area (Å²) in [5, 5.41) is 0. The maximum atomic E-state index is 2.43. The van der Waals surface area contributed by atoms with Crippen LogP contribution in [-0.4, -0.2) is 17.5 Å². The minimum absolute atomic E-state index is 0.680. The van der Waals surface area contributed by atoms with E-state index in [4.69, 9.17) is 0 Å². The van der Waals surface area contributed by atoms with Crippen LogP contribution < -0.4 is 0 Å². The minimum Gasteiger partial charge on any atom is -0.366 e. The summed E-state index contributed by atoms with van der Waals surface area (Å²) >= 11 is 0. The molecule has 0 aromatic heterocycles. The van der Waals surface area contributed by atoms with Crippen molar-refractivity contribution in [1.29, 1.82) is 0 Å². The largest absolute Gasteiger partial charge is 0.366 e. The molecule has 0 aliphatic carbocycles. The fourth-order valence-electron chi connectivity index (χ4n) is 2.97. The highest BCUT2D eigenvalue weighted by Gasteiger charge is 2.40. The molecule has 1 saturated heterocycles. The van der Waals surface area contributed by atoms with Gasteiger partial charge >= 0.3 is 0 Å². The topological polar surface area (TPSA) is 3.01 Å². The summed E-state index contributed by atoms with van der Waals surface area (Å²) in [6, 6.07) is 9.42. The Morgan fingerprint density at radius 1 is 1.33 bits per heavy atom. The lowest BCUT2D eigenvalue weighted by Crippen LogP contribution is -2.13. The predicted molar refractivity (Wildman–Crippen MR) is 77.2 cm³/mol. The summed E-state index contributed by atoms with van der Waals surface area (Å²) < 4.78 is 0. The number of allylic oxidation sites excluding steroid dienone is 2. The molecule has 2 atom stereocenters. The van der Waals surface area contributed by atoms with Gasteiger partial charge in [-0.1, -0.05) is 38.1 Å². The van der Waals surface area contributed by atoms with Crippen molar-refractivity contribution in [2.75, 3.05) is 6.54 Å². The molecule has 2 unspecified atom stereocenters. The first-order valence-electron chi connectivity index (χ1n) is 6.96. The molecule has 3 rings (SSSR count). The van der Waals surface area contributed by atoms with Crippen LogP contribution in [0.3, 0.4) is 0 Å². The van der Waals surface area contributed by atoms with Crippen molar-refractivity contribution >= 4 is 5.57 Å². The van der Waals surface area contributed by atoms with Gasteiger partial charge in [-0.05, 0) is 47.6 Å². The Labute approximate surface area is 110 Å². The van der Waals surface area contributed by atoms with Gasteiger partial charge in [0.05, 0.1) is 6.04 Å². The first-order chi connectivity index (χ1) is 8.72. The smallest absolute Gasteiger partial charge is 0.0684 e. The van der Waals surface area contributed by atoms with Crippen molar-refractivity contribution < 1.29 is 0 Å². The zero-order valence-corrected chi connectivity index (χ0v) is 11.5. The van der Waals surface area contributed by atoms with E-state index in [1.807, 2.05) is 0 Å². The third kappa shape index (κ3) is 1.78. The second kappa shape index (κ2) is 4.31. The molecule has 2 heterocycles. The van der Waals surface area contributed by atoms with Gasteiger partial charge in [0.2, 0.25) is 0 Å². The molecule has 94 valence electrons. The van der Waals surface area contributed by atoms with Gasteiger partial charge in [-0.3, -0.25) is 0 Å². The Hall–Kier alpha value is -1.50. The van der Waals surface area contributed by atoms with Crippen LogP contribution in [0.1, 0.15) is 31.4 Å². The van der Waals surface area contributed by atoms with Crippen LogP contribution in [0.5, 0.6) is 0 Å². The van der Waals surface area contributed by atoms with Crippen molar-refractivity contribution in [2.24, 2.45) is 5.92 Å². The molecule has 2 aliphatic heterocycles.